The number of nitrogens with one attached hydrogen (secondary N) is 1. The summed E-state index contributed by atoms with van der Waals surface area (Å²) in [6, 6.07) is 14.4. The Labute approximate surface area is 191 Å². The minimum Gasteiger partial charge on any atom is -0.493 e. The van der Waals surface area contributed by atoms with Gasteiger partial charge in [-0.1, -0.05) is 29.8 Å². The number of hydrogen-bond acceptors (Lipinski definition) is 8. The van der Waals surface area contributed by atoms with E-state index in [0.717, 1.165) is 5.69 Å². The summed E-state index contributed by atoms with van der Waals surface area (Å²) < 4.78 is 16.5. The number of benzene rings is 2. The van der Waals surface area contributed by atoms with Crippen LogP contribution in [0.1, 0.15) is 0 Å². The van der Waals surface area contributed by atoms with Gasteiger partial charge in [-0.2, -0.15) is 9.97 Å². The molecule has 0 spiro atoms. The number of nitrogens with zero attached hydrogens (tertiary/aromatic N) is 4. The summed E-state index contributed by atoms with van der Waals surface area (Å²) in [5.74, 6) is 3.00. The molecule has 3 N–H and O–H groups in total. The fraction of sp³-hybridized carbons (Fsp3) is 0.227. The van der Waals surface area contributed by atoms with Crippen LogP contribution in [-0.2, 0) is 0 Å². The molecule has 0 aliphatic rings. The second-order valence-electron chi connectivity index (χ2n) is 6.82. The van der Waals surface area contributed by atoms with Crippen LogP contribution < -0.4 is 30.2 Å². The predicted molar refractivity (Wildman–Crippen MR) is 127 cm³/mol. The Bertz CT molecular complexity index is 1090. The molecule has 0 fully saturated rings. The first-order chi connectivity index (χ1) is 15.4. The number of hydrogen-bond donors (Lipinski definition) is 2. The summed E-state index contributed by atoms with van der Waals surface area (Å²) >= 11 is 6.35. The van der Waals surface area contributed by atoms with Crippen molar-refractivity contribution in [2.75, 3.05) is 45.1 Å². The fourth-order valence-electron chi connectivity index (χ4n) is 2.67. The Morgan fingerprint density at radius 2 is 1.72 bits per heavy atom. The smallest absolute Gasteiger partial charge is 0.230 e. The van der Waals surface area contributed by atoms with Gasteiger partial charge in [0.05, 0.1) is 31.5 Å². The molecule has 32 heavy (non-hydrogen) atoms. The lowest BCUT2D eigenvalue weighted by atomic mass is 10.3. The zero-order valence-electron chi connectivity index (χ0n) is 18.3. The van der Waals surface area contributed by atoms with Gasteiger partial charge in [0.25, 0.3) is 0 Å². The predicted octanol–water partition coefficient (Wildman–Crippen LogP) is 4.11. The molecule has 168 valence electrons. The van der Waals surface area contributed by atoms with E-state index in [9.17, 15) is 0 Å². The number of amidine groups is 1. The number of para-hydroxylation sites is 1. The quantitative estimate of drug-likeness (QED) is 0.366. The maximum atomic E-state index is 6.35. The van der Waals surface area contributed by atoms with E-state index in [1.54, 1.807) is 23.1 Å². The molecule has 0 bridgehead atoms. The number of methoxy groups -OCH3 is 2. The van der Waals surface area contributed by atoms with Gasteiger partial charge in [-0.25, -0.2) is 4.99 Å². The van der Waals surface area contributed by atoms with Crippen molar-refractivity contribution in [3.8, 4) is 23.1 Å². The van der Waals surface area contributed by atoms with Crippen LogP contribution in [0.5, 0.6) is 23.1 Å². The Hall–Kier alpha value is -3.72. The van der Waals surface area contributed by atoms with E-state index < -0.39 is 0 Å². The number of aliphatic imine (C=N–C) groups is 1. The number of aromatic nitrogens is 2. The highest BCUT2D eigenvalue weighted by Crippen LogP contribution is 2.39. The van der Waals surface area contributed by atoms with Crippen molar-refractivity contribution >= 4 is 34.9 Å². The standard InChI is InChI=1S/C22H25ClN6O3/c1-29(2)22-27-20(25-13-19(24)26-14-8-6-5-7-9-14)12-21(28-22)32-16-11-18(31-4)17(30-3)10-15(16)23/h5-12H,13H2,1-4H3,(H2,24,26)(H,25,27,28). The fourth-order valence-corrected chi connectivity index (χ4v) is 2.86. The van der Waals surface area contributed by atoms with Crippen LogP contribution in [0.3, 0.4) is 0 Å². The summed E-state index contributed by atoms with van der Waals surface area (Å²) in [6.45, 7) is 0.287. The molecule has 0 aliphatic heterocycles. The van der Waals surface area contributed by atoms with Gasteiger partial charge in [-0.15, -0.1) is 0 Å². The lowest BCUT2D eigenvalue weighted by molar-refractivity contribution is 0.351. The van der Waals surface area contributed by atoms with Gasteiger partial charge < -0.3 is 30.2 Å². The highest BCUT2D eigenvalue weighted by molar-refractivity contribution is 6.32. The molecule has 1 aromatic heterocycles. The molecule has 0 amide bonds. The second-order valence-corrected chi connectivity index (χ2v) is 7.22. The molecular formula is C22H25ClN6O3. The molecule has 0 saturated carbocycles. The van der Waals surface area contributed by atoms with Crippen LogP contribution >= 0.6 is 11.6 Å². The largest absolute Gasteiger partial charge is 0.493 e. The van der Waals surface area contributed by atoms with Crippen molar-refractivity contribution < 1.29 is 14.2 Å². The van der Waals surface area contributed by atoms with Crippen LogP contribution in [0.15, 0.2) is 53.5 Å². The molecule has 3 aromatic rings. The molecule has 10 heteroatoms. The molecule has 2 aromatic carbocycles. The summed E-state index contributed by atoms with van der Waals surface area (Å²) in [6.07, 6.45) is 0. The number of ether oxygens (including phenoxy) is 3. The van der Waals surface area contributed by atoms with E-state index in [2.05, 4.69) is 20.3 Å². The van der Waals surface area contributed by atoms with Gasteiger partial charge in [0, 0.05) is 32.3 Å². The average molecular weight is 457 g/mol. The molecular weight excluding hydrogens is 432 g/mol. The van der Waals surface area contributed by atoms with Crippen LogP contribution in [0.4, 0.5) is 17.5 Å². The van der Waals surface area contributed by atoms with Crippen LogP contribution in [0.25, 0.3) is 0 Å². The Kier molecular flexibility index (Phi) is 7.56. The van der Waals surface area contributed by atoms with Crippen molar-refractivity contribution in [2.45, 2.75) is 0 Å². The van der Waals surface area contributed by atoms with Gasteiger partial charge in [0.1, 0.15) is 11.7 Å². The normalized spacial score (nSPS) is 11.1. The van der Waals surface area contributed by atoms with Crippen molar-refractivity contribution in [3.05, 3.63) is 53.6 Å². The van der Waals surface area contributed by atoms with E-state index in [-0.39, 0.29) is 6.54 Å². The van der Waals surface area contributed by atoms with Gasteiger partial charge >= 0.3 is 0 Å². The van der Waals surface area contributed by atoms with Gasteiger partial charge in [-0.05, 0) is 12.1 Å². The van der Waals surface area contributed by atoms with Crippen molar-refractivity contribution in [2.24, 2.45) is 10.7 Å². The minimum absolute atomic E-state index is 0.287. The van der Waals surface area contributed by atoms with Crippen LogP contribution in [-0.4, -0.2) is 50.7 Å². The molecule has 9 nitrogen and oxygen atoms in total. The first kappa shape index (κ1) is 23.0. The molecule has 0 atom stereocenters. The van der Waals surface area contributed by atoms with E-state index in [1.807, 2.05) is 44.4 Å². The molecule has 0 aliphatic carbocycles. The third-order valence-corrected chi connectivity index (χ3v) is 4.52. The maximum Gasteiger partial charge on any atom is 0.230 e. The van der Waals surface area contributed by atoms with Crippen molar-refractivity contribution in [1.29, 1.82) is 0 Å². The molecule has 0 unspecified atom stereocenters. The number of anilines is 2. The zero-order valence-corrected chi connectivity index (χ0v) is 19.1. The SMILES string of the molecule is COc1cc(Cl)c(Oc2cc(NCC(N)=Nc3ccccc3)nc(N(C)C)n2)cc1OC. The third kappa shape index (κ3) is 5.92. The Balaban J connectivity index is 1.83. The number of nitrogens with two attached hydrogens (primary N) is 1. The lowest BCUT2D eigenvalue weighted by Gasteiger charge is -2.16. The monoisotopic (exact) mass is 456 g/mol. The zero-order chi connectivity index (χ0) is 23.1. The molecule has 0 saturated heterocycles. The minimum atomic E-state index is 0.287. The van der Waals surface area contributed by atoms with E-state index in [0.29, 0.717) is 45.8 Å². The van der Waals surface area contributed by atoms with Crippen molar-refractivity contribution in [3.63, 3.8) is 0 Å². The van der Waals surface area contributed by atoms with Crippen LogP contribution in [0.2, 0.25) is 5.02 Å². The molecule has 0 radical (unpaired) electrons. The molecule has 3 rings (SSSR count). The Morgan fingerprint density at radius 1 is 1.03 bits per heavy atom. The number of halogens is 1. The Morgan fingerprint density at radius 3 is 2.38 bits per heavy atom. The highest BCUT2D eigenvalue weighted by atomic mass is 35.5. The van der Waals surface area contributed by atoms with Crippen LogP contribution in [0, 0.1) is 0 Å². The average Bonchev–Trinajstić information content (AvgIpc) is 2.79. The highest BCUT2D eigenvalue weighted by Gasteiger charge is 2.14. The maximum absolute atomic E-state index is 6.35. The second kappa shape index (κ2) is 10.5. The molecule has 1 heterocycles. The van der Waals surface area contributed by atoms with Crippen molar-refractivity contribution in [1.82, 2.24) is 9.97 Å². The first-order valence-corrected chi connectivity index (χ1v) is 10.0. The third-order valence-electron chi connectivity index (χ3n) is 4.22. The van der Waals surface area contributed by atoms with E-state index >= 15 is 0 Å². The summed E-state index contributed by atoms with van der Waals surface area (Å²) in [4.78, 5) is 15.0. The van der Waals surface area contributed by atoms with Gasteiger partial charge in [-0.3, -0.25) is 0 Å². The lowest BCUT2D eigenvalue weighted by Crippen LogP contribution is -2.23. The van der Waals surface area contributed by atoms with E-state index in [4.69, 9.17) is 31.5 Å². The topological polar surface area (TPSA) is 107 Å². The summed E-state index contributed by atoms with van der Waals surface area (Å²) in [5, 5.41) is 3.50. The first-order valence-electron chi connectivity index (χ1n) is 9.67. The summed E-state index contributed by atoms with van der Waals surface area (Å²) in [5.41, 5.74) is 6.83. The van der Waals surface area contributed by atoms with Gasteiger partial charge in [0.2, 0.25) is 11.8 Å². The van der Waals surface area contributed by atoms with E-state index in [1.165, 1.54) is 14.2 Å². The van der Waals surface area contributed by atoms with Gasteiger partial charge in [0.15, 0.2) is 17.2 Å². The number of rotatable bonds is 9. The summed E-state index contributed by atoms with van der Waals surface area (Å²) in [7, 11) is 6.73.